The molecule has 0 spiro atoms. The number of nitrogens with zero attached hydrogens (tertiary/aromatic N) is 3. The highest BCUT2D eigenvalue weighted by atomic mass is 32.2. The molecule has 8 heteroatoms. The lowest BCUT2D eigenvalue weighted by Crippen LogP contribution is -2.38. The van der Waals surface area contributed by atoms with E-state index in [9.17, 15) is 8.42 Å². The summed E-state index contributed by atoms with van der Waals surface area (Å²) in [4.78, 5) is 10.0. The van der Waals surface area contributed by atoms with Crippen molar-refractivity contribution in [3.63, 3.8) is 0 Å². The number of sulfonamides is 1. The smallest absolute Gasteiger partial charge is 0.211 e. The lowest BCUT2D eigenvalue weighted by molar-refractivity contribution is 0.402. The van der Waals surface area contributed by atoms with Gasteiger partial charge in [0, 0.05) is 25.6 Å². The summed E-state index contributed by atoms with van der Waals surface area (Å²) in [7, 11) is -3.14. The summed E-state index contributed by atoms with van der Waals surface area (Å²) >= 11 is 1.60. The summed E-state index contributed by atoms with van der Waals surface area (Å²) in [5.74, 6) is 1.62. The fourth-order valence-corrected chi connectivity index (χ4v) is 4.82. The molecule has 1 aliphatic heterocycles. The molecule has 1 fully saturated rings. The normalized spacial score (nSPS) is 19.8. The first-order chi connectivity index (χ1) is 10.5. The van der Waals surface area contributed by atoms with Crippen LogP contribution < -0.4 is 5.32 Å². The summed E-state index contributed by atoms with van der Waals surface area (Å²) in [5.41, 5.74) is 0. The van der Waals surface area contributed by atoms with Crippen LogP contribution in [0.1, 0.15) is 25.6 Å². The van der Waals surface area contributed by atoms with Crippen molar-refractivity contribution < 1.29 is 8.42 Å². The molecule has 1 atom stereocenters. The molecule has 2 aromatic rings. The van der Waals surface area contributed by atoms with Crippen LogP contribution in [0.2, 0.25) is 0 Å². The second-order valence-corrected chi connectivity index (χ2v) is 8.36. The average molecular weight is 340 g/mol. The Morgan fingerprint density at radius 2 is 2.27 bits per heavy atom. The number of anilines is 1. The van der Waals surface area contributed by atoms with Gasteiger partial charge in [-0.3, -0.25) is 0 Å². The van der Waals surface area contributed by atoms with Crippen LogP contribution in [0.3, 0.4) is 0 Å². The van der Waals surface area contributed by atoms with Crippen molar-refractivity contribution in [3.8, 4) is 0 Å². The molecule has 1 saturated heterocycles. The molecular weight excluding hydrogens is 320 g/mol. The third-order valence-corrected chi connectivity index (χ3v) is 6.08. The summed E-state index contributed by atoms with van der Waals surface area (Å²) in [6.07, 6.45) is 3.86. The molecule has 6 nitrogen and oxygen atoms in total. The summed E-state index contributed by atoms with van der Waals surface area (Å²) in [6.45, 7) is 3.22. The number of aryl methyl sites for hydroxylation is 1. The van der Waals surface area contributed by atoms with Gasteiger partial charge in [-0.2, -0.15) is 4.31 Å². The zero-order chi connectivity index (χ0) is 15.7. The number of hydrogen-bond donors (Lipinski definition) is 1. The number of thiophene rings is 1. The molecule has 3 heterocycles. The minimum absolute atomic E-state index is 0.00345. The zero-order valence-corrected chi connectivity index (χ0v) is 14.4. The molecule has 0 aromatic carbocycles. The summed E-state index contributed by atoms with van der Waals surface area (Å²) < 4.78 is 25.2. The SMILES string of the molecule is CCc1nc(NC[C@@H]2CCCN2S(C)(=O)=O)c2ccsc2n1. The van der Waals surface area contributed by atoms with Crippen molar-refractivity contribution in [2.75, 3.05) is 24.7 Å². The fourth-order valence-electron chi connectivity index (χ4n) is 2.86. The molecule has 3 rings (SSSR count). The first-order valence-electron chi connectivity index (χ1n) is 7.44. The topological polar surface area (TPSA) is 75.2 Å². The molecule has 0 amide bonds. The molecule has 0 bridgehead atoms. The third-order valence-electron chi connectivity index (χ3n) is 3.94. The van der Waals surface area contributed by atoms with Gasteiger partial charge in [-0.05, 0) is 24.3 Å². The molecule has 0 saturated carbocycles. The number of fused-ring (bicyclic) bond motifs is 1. The van der Waals surface area contributed by atoms with Gasteiger partial charge in [0.1, 0.15) is 16.5 Å². The molecule has 0 unspecified atom stereocenters. The second kappa shape index (κ2) is 6.10. The van der Waals surface area contributed by atoms with Gasteiger partial charge in [-0.25, -0.2) is 18.4 Å². The van der Waals surface area contributed by atoms with Gasteiger partial charge in [0.05, 0.1) is 11.6 Å². The van der Waals surface area contributed by atoms with Crippen LogP contribution >= 0.6 is 11.3 Å². The highest BCUT2D eigenvalue weighted by Crippen LogP contribution is 2.26. The highest BCUT2D eigenvalue weighted by Gasteiger charge is 2.31. The number of hydrogen-bond acceptors (Lipinski definition) is 6. The van der Waals surface area contributed by atoms with E-state index >= 15 is 0 Å². The van der Waals surface area contributed by atoms with Crippen LogP contribution in [0, 0.1) is 0 Å². The van der Waals surface area contributed by atoms with E-state index in [2.05, 4.69) is 15.3 Å². The first kappa shape index (κ1) is 15.6. The number of nitrogens with one attached hydrogen (secondary N) is 1. The monoisotopic (exact) mass is 340 g/mol. The highest BCUT2D eigenvalue weighted by molar-refractivity contribution is 7.88. The maximum atomic E-state index is 11.8. The van der Waals surface area contributed by atoms with Gasteiger partial charge in [0.25, 0.3) is 0 Å². The van der Waals surface area contributed by atoms with Crippen molar-refractivity contribution in [2.45, 2.75) is 32.2 Å². The van der Waals surface area contributed by atoms with E-state index in [-0.39, 0.29) is 6.04 Å². The van der Waals surface area contributed by atoms with Gasteiger partial charge in [0.2, 0.25) is 10.0 Å². The van der Waals surface area contributed by atoms with Crippen molar-refractivity contribution in [2.24, 2.45) is 0 Å². The Morgan fingerprint density at radius 1 is 1.45 bits per heavy atom. The van der Waals surface area contributed by atoms with Crippen LogP contribution in [-0.4, -0.2) is 48.1 Å². The third kappa shape index (κ3) is 3.09. The molecule has 0 radical (unpaired) electrons. The largest absolute Gasteiger partial charge is 0.368 e. The Bertz CT molecular complexity index is 772. The Morgan fingerprint density at radius 3 is 3.00 bits per heavy atom. The lowest BCUT2D eigenvalue weighted by Gasteiger charge is -2.22. The maximum Gasteiger partial charge on any atom is 0.211 e. The van der Waals surface area contributed by atoms with Crippen LogP contribution in [0.5, 0.6) is 0 Å². The molecule has 1 aliphatic rings. The van der Waals surface area contributed by atoms with Crippen molar-refractivity contribution in [3.05, 3.63) is 17.3 Å². The van der Waals surface area contributed by atoms with Crippen LogP contribution in [0.4, 0.5) is 5.82 Å². The van der Waals surface area contributed by atoms with Gasteiger partial charge in [0.15, 0.2) is 0 Å². The van der Waals surface area contributed by atoms with Gasteiger partial charge in [-0.15, -0.1) is 11.3 Å². The summed E-state index contributed by atoms with van der Waals surface area (Å²) in [5, 5.41) is 6.35. The van der Waals surface area contributed by atoms with E-state index < -0.39 is 10.0 Å². The minimum atomic E-state index is -3.14. The molecule has 120 valence electrons. The first-order valence-corrected chi connectivity index (χ1v) is 10.2. The van der Waals surface area contributed by atoms with Gasteiger partial charge < -0.3 is 5.32 Å². The zero-order valence-electron chi connectivity index (χ0n) is 12.7. The number of aromatic nitrogens is 2. The van der Waals surface area contributed by atoms with E-state index in [0.717, 1.165) is 41.1 Å². The van der Waals surface area contributed by atoms with Crippen molar-refractivity contribution in [1.29, 1.82) is 0 Å². The van der Waals surface area contributed by atoms with E-state index in [4.69, 9.17) is 0 Å². The van der Waals surface area contributed by atoms with Gasteiger partial charge in [-0.1, -0.05) is 6.92 Å². The average Bonchev–Trinajstić information content (AvgIpc) is 3.12. The Kier molecular flexibility index (Phi) is 4.33. The quantitative estimate of drug-likeness (QED) is 0.902. The van der Waals surface area contributed by atoms with Crippen molar-refractivity contribution in [1.82, 2.24) is 14.3 Å². The number of rotatable bonds is 5. The Hall–Kier alpha value is -1.25. The Labute approximate surface area is 134 Å². The standard InChI is InChI=1S/C14H20N4O2S2/c1-3-12-16-13(11-6-8-21-14(11)17-12)15-9-10-5-4-7-18(10)22(2,19)20/h6,8,10H,3-5,7,9H2,1-2H3,(H,15,16,17)/t10-/m0/s1. The van der Waals surface area contributed by atoms with E-state index in [1.807, 2.05) is 18.4 Å². The van der Waals surface area contributed by atoms with Crippen LogP contribution in [-0.2, 0) is 16.4 Å². The Balaban J connectivity index is 1.80. The predicted octanol–water partition coefficient (Wildman–Crippen LogP) is 2.09. The molecule has 1 N–H and O–H groups in total. The van der Waals surface area contributed by atoms with Gasteiger partial charge >= 0.3 is 0 Å². The van der Waals surface area contributed by atoms with E-state index in [1.54, 1.807) is 15.6 Å². The van der Waals surface area contributed by atoms with E-state index in [1.165, 1.54) is 6.26 Å². The molecule has 22 heavy (non-hydrogen) atoms. The molecule has 0 aliphatic carbocycles. The summed E-state index contributed by atoms with van der Waals surface area (Å²) in [6, 6.07) is 2.01. The van der Waals surface area contributed by atoms with E-state index in [0.29, 0.717) is 13.1 Å². The molecular formula is C14H20N4O2S2. The van der Waals surface area contributed by atoms with Crippen LogP contribution in [0.25, 0.3) is 10.2 Å². The second-order valence-electron chi connectivity index (χ2n) is 5.53. The van der Waals surface area contributed by atoms with Crippen LogP contribution in [0.15, 0.2) is 11.4 Å². The fraction of sp³-hybridized carbons (Fsp3) is 0.571. The van der Waals surface area contributed by atoms with Crippen molar-refractivity contribution >= 4 is 37.4 Å². The minimum Gasteiger partial charge on any atom is -0.368 e. The lowest BCUT2D eigenvalue weighted by atomic mass is 10.2. The predicted molar refractivity (Wildman–Crippen MR) is 89.9 cm³/mol. The molecule has 2 aromatic heterocycles. The maximum absolute atomic E-state index is 11.8.